The average Bonchev–Trinajstić information content (AvgIpc) is 3.06. The summed E-state index contributed by atoms with van der Waals surface area (Å²) < 4.78 is 0. The zero-order valence-electron chi connectivity index (χ0n) is 15.7. The number of likely N-dealkylation sites (tertiary alicyclic amines) is 1. The third kappa shape index (κ3) is 5.26. The van der Waals surface area contributed by atoms with Gasteiger partial charge < -0.3 is 10.0 Å². The Morgan fingerprint density at radius 1 is 1.58 bits per heavy atom. The van der Waals surface area contributed by atoms with Crippen molar-refractivity contribution in [1.82, 2.24) is 4.90 Å². The monoisotopic (exact) mass is 389 g/mol. The predicted molar refractivity (Wildman–Crippen MR) is 113 cm³/mol. The Balaban J connectivity index is 2.17. The maximum Gasteiger partial charge on any atom is 0.307 e. The minimum absolute atomic E-state index is 0.225. The van der Waals surface area contributed by atoms with Crippen LogP contribution in [0.25, 0.3) is 5.57 Å². The summed E-state index contributed by atoms with van der Waals surface area (Å²) in [6.07, 6.45) is 12.6. The molecule has 0 amide bonds. The van der Waals surface area contributed by atoms with Crippen molar-refractivity contribution in [2.24, 2.45) is 5.92 Å². The molecule has 2 rings (SSSR count). The molecular formula is C21H27NO2S2. The molecular weight excluding hydrogens is 362 g/mol. The van der Waals surface area contributed by atoms with Gasteiger partial charge in [0, 0.05) is 34.0 Å². The highest BCUT2D eigenvalue weighted by atomic mass is 32.2. The number of rotatable bonds is 7. The van der Waals surface area contributed by atoms with Crippen LogP contribution in [0.3, 0.4) is 0 Å². The van der Waals surface area contributed by atoms with Crippen LogP contribution in [-0.4, -0.2) is 41.9 Å². The van der Waals surface area contributed by atoms with Crippen LogP contribution in [-0.2, 0) is 4.79 Å². The van der Waals surface area contributed by atoms with Crippen LogP contribution in [0, 0.1) is 25.2 Å². The van der Waals surface area contributed by atoms with Crippen LogP contribution in [0.15, 0.2) is 28.0 Å². The Kier molecular flexibility index (Phi) is 8.02. The lowest BCUT2D eigenvalue weighted by Crippen LogP contribution is -2.39. The fourth-order valence-electron chi connectivity index (χ4n) is 3.32. The zero-order chi connectivity index (χ0) is 19.1. The molecule has 1 aromatic rings. The fraction of sp³-hybridized carbons (Fsp3) is 0.476. The third-order valence-electron chi connectivity index (χ3n) is 4.76. The number of thiophene rings is 1. The molecule has 140 valence electrons. The van der Waals surface area contributed by atoms with Crippen molar-refractivity contribution in [1.29, 1.82) is 0 Å². The topological polar surface area (TPSA) is 40.5 Å². The van der Waals surface area contributed by atoms with Gasteiger partial charge in [-0.3, -0.25) is 4.79 Å². The highest BCUT2D eigenvalue weighted by Gasteiger charge is 2.24. The maximum absolute atomic E-state index is 11.2. The third-order valence-corrected chi connectivity index (χ3v) is 6.75. The summed E-state index contributed by atoms with van der Waals surface area (Å²) in [4.78, 5) is 15.9. The van der Waals surface area contributed by atoms with Gasteiger partial charge in [-0.15, -0.1) is 29.5 Å². The summed E-state index contributed by atoms with van der Waals surface area (Å²) in [6, 6.07) is 2.14. The number of thioether (sulfide) groups is 1. The summed E-state index contributed by atoms with van der Waals surface area (Å²) in [7, 11) is 0. The van der Waals surface area contributed by atoms with E-state index in [0.29, 0.717) is 6.54 Å². The molecule has 2 heterocycles. The SMILES string of the molecule is C#C/C(C)=C(SC)/C(=C/CCN1CCC[C@@H](C(=O)O)C1)c1sccc1C. The van der Waals surface area contributed by atoms with Gasteiger partial charge >= 0.3 is 5.97 Å². The van der Waals surface area contributed by atoms with E-state index in [4.69, 9.17) is 6.42 Å². The van der Waals surface area contributed by atoms with E-state index in [9.17, 15) is 9.90 Å². The first-order valence-corrected chi connectivity index (χ1v) is 11.0. The molecule has 0 saturated carbocycles. The van der Waals surface area contributed by atoms with Gasteiger partial charge in [0.25, 0.3) is 0 Å². The van der Waals surface area contributed by atoms with Crippen LogP contribution in [0.2, 0.25) is 0 Å². The summed E-state index contributed by atoms with van der Waals surface area (Å²) >= 11 is 3.44. The van der Waals surface area contributed by atoms with Crippen molar-refractivity contribution >= 4 is 34.6 Å². The molecule has 0 aromatic carbocycles. The number of allylic oxidation sites excluding steroid dienone is 2. The molecule has 1 fully saturated rings. The summed E-state index contributed by atoms with van der Waals surface area (Å²) in [5.41, 5.74) is 3.44. The van der Waals surface area contributed by atoms with Crippen molar-refractivity contribution in [3.05, 3.63) is 38.4 Å². The van der Waals surface area contributed by atoms with E-state index in [1.54, 1.807) is 23.1 Å². The summed E-state index contributed by atoms with van der Waals surface area (Å²) in [5, 5.41) is 11.4. The van der Waals surface area contributed by atoms with Crippen molar-refractivity contribution in [2.75, 3.05) is 25.9 Å². The van der Waals surface area contributed by atoms with Gasteiger partial charge in [-0.1, -0.05) is 12.0 Å². The molecule has 0 aliphatic carbocycles. The molecule has 26 heavy (non-hydrogen) atoms. The van der Waals surface area contributed by atoms with Crippen molar-refractivity contribution < 1.29 is 9.90 Å². The number of carbonyl (C=O) groups is 1. The Bertz CT molecular complexity index is 739. The Morgan fingerprint density at radius 3 is 2.92 bits per heavy atom. The molecule has 0 unspecified atom stereocenters. The first-order valence-electron chi connectivity index (χ1n) is 8.89. The van der Waals surface area contributed by atoms with Crippen LogP contribution in [0.1, 0.15) is 36.6 Å². The highest BCUT2D eigenvalue weighted by Crippen LogP contribution is 2.37. The van der Waals surface area contributed by atoms with E-state index in [1.807, 2.05) is 6.92 Å². The summed E-state index contributed by atoms with van der Waals surface area (Å²) in [6.45, 7) is 6.65. The van der Waals surface area contributed by atoms with Gasteiger partial charge in [-0.2, -0.15) is 0 Å². The summed E-state index contributed by atoms with van der Waals surface area (Å²) in [5.74, 6) is 1.89. The number of nitrogens with zero attached hydrogens (tertiary/aromatic N) is 1. The number of terminal acetylenes is 1. The largest absolute Gasteiger partial charge is 0.481 e. The first kappa shape index (κ1) is 20.8. The van der Waals surface area contributed by atoms with E-state index >= 15 is 0 Å². The molecule has 0 spiro atoms. The fourth-order valence-corrected chi connectivity index (χ4v) is 5.13. The van der Waals surface area contributed by atoms with Crippen LogP contribution in [0.5, 0.6) is 0 Å². The first-order chi connectivity index (χ1) is 12.5. The highest BCUT2D eigenvalue weighted by molar-refractivity contribution is 8.03. The van der Waals surface area contributed by atoms with Crippen LogP contribution < -0.4 is 0 Å². The predicted octanol–water partition coefficient (Wildman–Crippen LogP) is 4.90. The second-order valence-electron chi connectivity index (χ2n) is 6.62. The van der Waals surface area contributed by atoms with Crippen LogP contribution >= 0.6 is 23.1 Å². The number of carboxylic acid groups (broad SMARTS) is 1. The number of carboxylic acids is 1. The van der Waals surface area contributed by atoms with Gasteiger partial charge in [-0.25, -0.2) is 0 Å². The molecule has 0 bridgehead atoms. The second-order valence-corrected chi connectivity index (χ2v) is 8.35. The molecule has 5 heteroatoms. The lowest BCUT2D eigenvalue weighted by molar-refractivity contribution is -0.143. The number of aliphatic carboxylic acids is 1. The van der Waals surface area contributed by atoms with Gasteiger partial charge in [0.1, 0.15) is 0 Å². The number of piperidine rings is 1. The Labute approximate surface area is 165 Å². The number of hydrogen-bond acceptors (Lipinski definition) is 4. The normalized spacial score (nSPS) is 19.8. The Morgan fingerprint density at radius 2 is 2.35 bits per heavy atom. The van der Waals surface area contributed by atoms with Gasteiger partial charge in [-0.05, 0) is 62.9 Å². The van der Waals surface area contributed by atoms with Gasteiger partial charge in [0.05, 0.1) is 5.92 Å². The van der Waals surface area contributed by atoms with E-state index in [0.717, 1.165) is 42.8 Å². The van der Waals surface area contributed by atoms with Gasteiger partial charge in [0.15, 0.2) is 0 Å². The maximum atomic E-state index is 11.2. The number of aryl methyl sites for hydroxylation is 1. The molecule has 1 N–H and O–H groups in total. The molecule has 1 aliphatic rings. The van der Waals surface area contributed by atoms with E-state index in [-0.39, 0.29) is 5.92 Å². The van der Waals surface area contributed by atoms with Crippen molar-refractivity contribution in [3.63, 3.8) is 0 Å². The minimum atomic E-state index is -0.669. The quantitative estimate of drug-likeness (QED) is 0.532. The molecule has 3 nitrogen and oxygen atoms in total. The second kappa shape index (κ2) is 10.0. The average molecular weight is 390 g/mol. The van der Waals surface area contributed by atoms with E-state index in [1.165, 1.54) is 16.0 Å². The Hall–Kier alpha value is -1.48. The minimum Gasteiger partial charge on any atom is -0.481 e. The zero-order valence-corrected chi connectivity index (χ0v) is 17.4. The molecule has 1 atom stereocenters. The lowest BCUT2D eigenvalue weighted by atomic mass is 9.98. The van der Waals surface area contributed by atoms with E-state index < -0.39 is 5.97 Å². The van der Waals surface area contributed by atoms with Gasteiger partial charge in [0.2, 0.25) is 0 Å². The number of hydrogen-bond donors (Lipinski definition) is 1. The lowest BCUT2D eigenvalue weighted by Gasteiger charge is -2.30. The molecule has 1 aromatic heterocycles. The van der Waals surface area contributed by atoms with Crippen molar-refractivity contribution in [3.8, 4) is 12.3 Å². The molecule has 1 saturated heterocycles. The van der Waals surface area contributed by atoms with Crippen molar-refractivity contribution in [2.45, 2.75) is 33.1 Å². The standard InChI is InChI=1S/C21H27NO2S2/c1-5-15(2)19(25-4)18(20-16(3)10-13-26-20)9-7-12-22-11-6-8-17(14-22)21(23)24/h1,9-10,13,17H,6-8,11-12,14H2,2-4H3,(H,23,24)/b18-9-,19-15-/t17-/m1/s1. The van der Waals surface area contributed by atoms with Crippen LogP contribution in [0.4, 0.5) is 0 Å². The molecule has 0 radical (unpaired) electrons. The van der Waals surface area contributed by atoms with E-state index in [2.05, 4.69) is 41.5 Å². The smallest absolute Gasteiger partial charge is 0.307 e. The molecule has 1 aliphatic heterocycles.